The van der Waals surface area contributed by atoms with E-state index in [1.807, 2.05) is 27.7 Å². The van der Waals surface area contributed by atoms with Gasteiger partial charge in [-0.2, -0.15) is 0 Å². The molecule has 0 atom stereocenters. The second kappa shape index (κ2) is 4.21. The van der Waals surface area contributed by atoms with E-state index in [-0.39, 0.29) is 5.97 Å². The molecule has 0 aromatic rings. The Labute approximate surface area is 107 Å². The standard InChI is InChI=1S/C12H18BNO4/c1-11(2)12(3,4)18-13(17-11)9-6-8(7-14-9)10(15)16-5/h7H,6H2,1-5H3. The van der Waals surface area contributed by atoms with E-state index in [0.29, 0.717) is 17.6 Å². The maximum atomic E-state index is 11.4. The van der Waals surface area contributed by atoms with Crippen molar-refractivity contribution in [3.8, 4) is 0 Å². The summed E-state index contributed by atoms with van der Waals surface area (Å²) in [6.07, 6.45) is 1.94. The van der Waals surface area contributed by atoms with Crippen molar-refractivity contribution in [3.63, 3.8) is 0 Å². The van der Waals surface area contributed by atoms with E-state index in [9.17, 15) is 4.79 Å². The summed E-state index contributed by atoms with van der Waals surface area (Å²) in [7, 11) is 0.865. The predicted molar refractivity (Wildman–Crippen MR) is 68.2 cm³/mol. The molecule has 0 aromatic carbocycles. The first kappa shape index (κ1) is 13.3. The molecule has 0 amide bonds. The highest BCUT2D eigenvalue weighted by Crippen LogP contribution is 2.38. The number of esters is 1. The fraction of sp³-hybridized carbons (Fsp3) is 0.667. The lowest BCUT2D eigenvalue weighted by Gasteiger charge is -2.32. The Bertz CT molecular complexity index is 423. The number of ether oxygens (including phenoxy) is 1. The van der Waals surface area contributed by atoms with Crippen LogP contribution in [0.5, 0.6) is 0 Å². The van der Waals surface area contributed by atoms with Crippen LogP contribution in [-0.2, 0) is 18.8 Å². The summed E-state index contributed by atoms with van der Waals surface area (Å²) in [5.74, 6) is -0.356. The van der Waals surface area contributed by atoms with E-state index in [1.54, 1.807) is 0 Å². The summed E-state index contributed by atoms with van der Waals surface area (Å²) < 4.78 is 16.4. The minimum Gasteiger partial charge on any atom is -0.466 e. The first-order valence-corrected chi connectivity index (χ1v) is 5.96. The lowest BCUT2D eigenvalue weighted by molar-refractivity contribution is -0.136. The van der Waals surface area contributed by atoms with Gasteiger partial charge >= 0.3 is 13.1 Å². The first-order valence-electron chi connectivity index (χ1n) is 5.96. The molecule has 0 N–H and O–H groups in total. The Morgan fingerprint density at radius 1 is 1.33 bits per heavy atom. The molecule has 0 unspecified atom stereocenters. The van der Waals surface area contributed by atoms with Gasteiger partial charge in [0.2, 0.25) is 0 Å². The number of aliphatic imine (C=N–C) groups is 1. The number of carbonyl (C=O) groups excluding carboxylic acids is 1. The lowest BCUT2D eigenvalue weighted by Crippen LogP contribution is -2.41. The molecule has 98 valence electrons. The zero-order valence-electron chi connectivity index (χ0n) is 11.4. The molecule has 2 aliphatic rings. The Morgan fingerprint density at radius 3 is 2.39 bits per heavy atom. The molecular formula is C12H18BNO4. The number of carbonyl (C=O) groups is 1. The van der Waals surface area contributed by atoms with Crippen LogP contribution in [0.15, 0.2) is 16.8 Å². The number of hydrogen-bond donors (Lipinski definition) is 0. The minimum atomic E-state index is -0.492. The molecule has 0 spiro atoms. The van der Waals surface area contributed by atoms with Crippen molar-refractivity contribution in [3.05, 3.63) is 11.8 Å². The zero-order valence-corrected chi connectivity index (χ0v) is 11.4. The molecule has 0 bridgehead atoms. The van der Waals surface area contributed by atoms with Crippen LogP contribution in [-0.4, -0.2) is 37.0 Å². The minimum absolute atomic E-state index is 0.356. The number of hydrogen-bond acceptors (Lipinski definition) is 5. The average molecular weight is 251 g/mol. The van der Waals surface area contributed by atoms with Gasteiger partial charge in [-0.3, -0.25) is 4.99 Å². The van der Waals surface area contributed by atoms with Gasteiger partial charge in [-0.1, -0.05) is 0 Å². The van der Waals surface area contributed by atoms with Crippen molar-refractivity contribution in [2.45, 2.75) is 45.3 Å². The van der Waals surface area contributed by atoms with Crippen molar-refractivity contribution in [2.24, 2.45) is 4.99 Å². The Morgan fingerprint density at radius 2 is 1.89 bits per heavy atom. The molecule has 1 fully saturated rings. The topological polar surface area (TPSA) is 57.1 Å². The Balaban J connectivity index is 2.04. The third-order valence-corrected chi connectivity index (χ3v) is 3.73. The van der Waals surface area contributed by atoms with E-state index in [4.69, 9.17) is 9.31 Å². The third kappa shape index (κ3) is 2.10. The fourth-order valence-corrected chi connectivity index (χ4v) is 1.83. The molecule has 0 aliphatic carbocycles. The molecular weight excluding hydrogens is 233 g/mol. The van der Waals surface area contributed by atoms with Crippen LogP contribution in [0.25, 0.3) is 0 Å². The van der Waals surface area contributed by atoms with E-state index < -0.39 is 18.3 Å². The summed E-state index contributed by atoms with van der Waals surface area (Å²) >= 11 is 0. The maximum Gasteiger partial charge on any atom is 0.510 e. The number of methoxy groups -OCH3 is 1. The Hall–Kier alpha value is -1.14. The number of nitrogens with zero attached hydrogens (tertiary/aromatic N) is 1. The summed E-state index contributed by atoms with van der Waals surface area (Å²) in [4.78, 5) is 15.6. The highest BCUT2D eigenvalue weighted by atomic mass is 16.7. The summed E-state index contributed by atoms with van der Waals surface area (Å²) in [6, 6.07) is 0. The van der Waals surface area contributed by atoms with Crippen LogP contribution in [0.4, 0.5) is 0 Å². The van der Waals surface area contributed by atoms with E-state index >= 15 is 0 Å². The van der Waals surface area contributed by atoms with Crippen LogP contribution in [0.1, 0.15) is 34.1 Å². The SMILES string of the molecule is COC(=O)C1=CN=C(B2OC(C)(C)C(C)(C)O2)C1. The molecule has 2 heterocycles. The molecule has 2 rings (SSSR count). The van der Waals surface area contributed by atoms with Crippen LogP contribution in [0.3, 0.4) is 0 Å². The van der Waals surface area contributed by atoms with Gasteiger partial charge < -0.3 is 14.0 Å². The smallest absolute Gasteiger partial charge is 0.466 e. The largest absolute Gasteiger partial charge is 0.510 e. The van der Waals surface area contributed by atoms with Gasteiger partial charge in [-0.15, -0.1) is 0 Å². The molecule has 1 saturated heterocycles. The van der Waals surface area contributed by atoms with Crippen LogP contribution in [0, 0.1) is 0 Å². The number of rotatable bonds is 2. The van der Waals surface area contributed by atoms with Crippen molar-refractivity contribution in [1.82, 2.24) is 0 Å². The van der Waals surface area contributed by atoms with Crippen molar-refractivity contribution in [1.29, 1.82) is 0 Å². The molecule has 2 aliphatic heterocycles. The van der Waals surface area contributed by atoms with E-state index in [0.717, 1.165) is 0 Å². The summed E-state index contributed by atoms with van der Waals surface area (Å²) in [5, 5.41) is 0. The van der Waals surface area contributed by atoms with E-state index in [2.05, 4.69) is 9.73 Å². The first-order chi connectivity index (χ1) is 8.27. The van der Waals surface area contributed by atoms with Crippen molar-refractivity contribution in [2.75, 3.05) is 7.11 Å². The summed E-state index contributed by atoms with van der Waals surface area (Å²) in [6.45, 7) is 7.93. The van der Waals surface area contributed by atoms with Crippen molar-refractivity contribution >= 4 is 18.7 Å². The van der Waals surface area contributed by atoms with Gasteiger partial charge in [0.25, 0.3) is 0 Å². The fourth-order valence-electron chi connectivity index (χ4n) is 1.83. The van der Waals surface area contributed by atoms with Crippen molar-refractivity contribution < 1.29 is 18.8 Å². The van der Waals surface area contributed by atoms with Crippen LogP contribution < -0.4 is 0 Å². The predicted octanol–water partition coefficient (Wildman–Crippen LogP) is 1.52. The quantitative estimate of drug-likeness (QED) is 0.551. The normalized spacial score (nSPS) is 24.8. The van der Waals surface area contributed by atoms with Crippen LogP contribution >= 0.6 is 0 Å². The second-order valence-corrected chi connectivity index (χ2v) is 5.53. The molecule has 5 nitrogen and oxygen atoms in total. The highest BCUT2D eigenvalue weighted by Gasteiger charge is 2.53. The van der Waals surface area contributed by atoms with Gasteiger partial charge in [0.15, 0.2) is 0 Å². The molecule has 0 radical (unpaired) electrons. The van der Waals surface area contributed by atoms with Gasteiger partial charge in [-0.05, 0) is 27.7 Å². The van der Waals surface area contributed by atoms with Gasteiger partial charge in [0, 0.05) is 12.6 Å². The van der Waals surface area contributed by atoms with Crippen LogP contribution in [0.2, 0.25) is 0 Å². The molecule has 0 saturated carbocycles. The van der Waals surface area contributed by atoms with Gasteiger partial charge in [0.05, 0.1) is 29.5 Å². The van der Waals surface area contributed by atoms with E-state index in [1.165, 1.54) is 13.3 Å². The lowest BCUT2D eigenvalue weighted by atomic mass is 9.79. The monoisotopic (exact) mass is 251 g/mol. The Kier molecular flexibility index (Phi) is 3.11. The molecule has 6 heteroatoms. The molecule has 18 heavy (non-hydrogen) atoms. The molecule has 0 aromatic heterocycles. The average Bonchev–Trinajstić information content (AvgIpc) is 2.82. The van der Waals surface area contributed by atoms with Gasteiger partial charge in [-0.25, -0.2) is 4.79 Å². The summed E-state index contributed by atoms with van der Waals surface area (Å²) in [5.41, 5.74) is 0.457. The van der Waals surface area contributed by atoms with Gasteiger partial charge in [0.1, 0.15) is 0 Å². The maximum absolute atomic E-state index is 11.4. The second-order valence-electron chi connectivity index (χ2n) is 5.53. The third-order valence-electron chi connectivity index (χ3n) is 3.73. The zero-order chi connectivity index (χ0) is 13.6. The highest BCUT2D eigenvalue weighted by molar-refractivity contribution is 6.83.